The molecule has 1 nitrogen and oxygen atoms in total. The van der Waals surface area contributed by atoms with Crippen molar-refractivity contribution in [3.05, 3.63) is 0 Å². The minimum absolute atomic E-state index is 0.755. The molecule has 1 aliphatic carbocycles. The van der Waals surface area contributed by atoms with Crippen LogP contribution in [0, 0.1) is 11.8 Å². The smallest absolute Gasteiger partial charge is 0.00901 e. The van der Waals surface area contributed by atoms with Gasteiger partial charge in [0.2, 0.25) is 0 Å². The summed E-state index contributed by atoms with van der Waals surface area (Å²) in [6.45, 7) is 8.14. The van der Waals surface area contributed by atoms with Gasteiger partial charge >= 0.3 is 0 Å². The molecule has 0 saturated heterocycles. The second-order valence-electron chi connectivity index (χ2n) is 5.53. The van der Waals surface area contributed by atoms with Gasteiger partial charge in [-0.05, 0) is 37.6 Å². The highest BCUT2D eigenvalue weighted by Gasteiger charge is 2.18. The number of hydrogen-bond donors (Lipinski definition) is 1. The SMILES string of the molecule is CCCNC(CCC1CCCC1)C(C)C. The van der Waals surface area contributed by atoms with Crippen LogP contribution in [-0.2, 0) is 0 Å². The van der Waals surface area contributed by atoms with E-state index in [4.69, 9.17) is 0 Å². The Labute approximate surface area is 96.0 Å². The van der Waals surface area contributed by atoms with Crippen molar-refractivity contribution < 1.29 is 0 Å². The lowest BCUT2D eigenvalue weighted by molar-refractivity contribution is 0.340. The van der Waals surface area contributed by atoms with Crippen LogP contribution in [0.5, 0.6) is 0 Å². The summed E-state index contributed by atoms with van der Waals surface area (Å²) in [4.78, 5) is 0. The van der Waals surface area contributed by atoms with Crippen LogP contribution in [0.1, 0.15) is 65.7 Å². The summed E-state index contributed by atoms with van der Waals surface area (Å²) in [6.07, 6.45) is 10.1. The molecule has 15 heavy (non-hydrogen) atoms. The van der Waals surface area contributed by atoms with Crippen LogP contribution in [0.4, 0.5) is 0 Å². The van der Waals surface area contributed by atoms with Crippen LogP contribution in [-0.4, -0.2) is 12.6 Å². The predicted molar refractivity (Wildman–Crippen MR) is 68.1 cm³/mol. The largest absolute Gasteiger partial charge is 0.314 e. The monoisotopic (exact) mass is 211 g/mol. The third-order valence-electron chi connectivity index (χ3n) is 3.82. The van der Waals surface area contributed by atoms with Crippen LogP contribution in [0.15, 0.2) is 0 Å². The molecule has 1 fully saturated rings. The zero-order chi connectivity index (χ0) is 11.1. The maximum Gasteiger partial charge on any atom is 0.00901 e. The highest BCUT2D eigenvalue weighted by atomic mass is 14.9. The topological polar surface area (TPSA) is 12.0 Å². The second kappa shape index (κ2) is 7.27. The van der Waals surface area contributed by atoms with E-state index in [0.29, 0.717) is 0 Å². The third-order valence-corrected chi connectivity index (χ3v) is 3.82. The average Bonchev–Trinajstić information content (AvgIpc) is 2.70. The number of rotatable bonds is 7. The lowest BCUT2D eigenvalue weighted by Gasteiger charge is -2.23. The summed E-state index contributed by atoms with van der Waals surface area (Å²) in [6, 6.07) is 0.755. The van der Waals surface area contributed by atoms with Crippen molar-refractivity contribution in [2.24, 2.45) is 11.8 Å². The van der Waals surface area contributed by atoms with E-state index < -0.39 is 0 Å². The summed E-state index contributed by atoms with van der Waals surface area (Å²) in [7, 11) is 0. The Morgan fingerprint density at radius 2 is 1.87 bits per heavy atom. The highest BCUT2D eigenvalue weighted by molar-refractivity contribution is 4.74. The van der Waals surface area contributed by atoms with E-state index in [1.54, 1.807) is 0 Å². The van der Waals surface area contributed by atoms with Crippen molar-refractivity contribution in [2.75, 3.05) is 6.54 Å². The molecule has 0 bridgehead atoms. The second-order valence-corrected chi connectivity index (χ2v) is 5.53. The van der Waals surface area contributed by atoms with Crippen molar-refractivity contribution in [1.29, 1.82) is 0 Å². The van der Waals surface area contributed by atoms with Gasteiger partial charge in [-0.3, -0.25) is 0 Å². The molecule has 0 radical (unpaired) electrons. The summed E-state index contributed by atoms with van der Waals surface area (Å²) < 4.78 is 0. The predicted octanol–water partition coefficient (Wildman–Crippen LogP) is 3.98. The van der Waals surface area contributed by atoms with Crippen LogP contribution >= 0.6 is 0 Å². The molecule has 1 N–H and O–H groups in total. The van der Waals surface area contributed by atoms with Crippen molar-refractivity contribution in [3.8, 4) is 0 Å². The minimum Gasteiger partial charge on any atom is -0.314 e. The van der Waals surface area contributed by atoms with Crippen LogP contribution in [0.25, 0.3) is 0 Å². The molecule has 0 heterocycles. The quantitative estimate of drug-likeness (QED) is 0.671. The first kappa shape index (κ1) is 13.0. The van der Waals surface area contributed by atoms with Crippen molar-refractivity contribution in [1.82, 2.24) is 5.32 Å². The molecule has 0 aromatic rings. The molecule has 0 amide bonds. The van der Waals surface area contributed by atoms with Gasteiger partial charge in [0.05, 0.1) is 0 Å². The van der Waals surface area contributed by atoms with E-state index in [1.165, 1.54) is 51.5 Å². The Morgan fingerprint density at radius 3 is 2.40 bits per heavy atom. The molecule has 1 saturated carbocycles. The zero-order valence-electron chi connectivity index (χ0n) is 10.9. The zero-order valence-corrected chi connectivity index (χ0v) is 10.9. The molecule has 1 unspecified atom stereocenters. The van der Waals surface area contributed by atoms with Gasteiger partial charge in [-0.1, -0.05) is 46.5 Å². The van der Waals surface area contributed by atoms with Gasteiger partial charge in [0.1, 0.15) is 0 Å². The Kier molecular flexibility index (Phi) is 6.31. The number of hydrogen-bond acceptors (Lipinski definition) is 1. The summed E-state index contributed by atoms with van der Waals surface area (Å²) in [5, 5.41) is 3.69. The third kappa shape index (κ3) is 5.01. The van der Waals surface area contributed by atoms with E-state index >= 15 is 0 Å². The summed E-state index contributed by atoms with van der Waals surface area (Å²) >= 11 is 0. The first-order valence-electron chi connectivity index (χ1n) is 6.97. The van der Waals surface area contributed by atoms with Gasteiger partial charge < -0.3 is 5.32 Å². The molecule has 1 rings (SSSR count). The fourth-order valence-corrected chi connectivity index (χ4v) is 2.72. The molecule has 0 aliphatic heterocycles. The minimum atomic E-state index is 0.755. The Balaban J connectivity index is 2.17. The molecule has 90 valence electrons. The van der Waals surface area contributed by atoms with Gasteiger partial charge in [0.25, 0.3) is 0 Å². The molecule has 1 atom stereocenters. The van der Waals surface area contributed by atoms with Gasteiger partial charge in [-0.25, -0.2) is 0 Å². The van der Waals surface area contributed by atoms with Gasteiger partial charge in [0, 0.05) is 6.04 Å². The summed E-state index contributed by atoms with van der Waals surface area (Å²) in [5.41, 5.74) is 0. The molecule has 0 spiro atoms. The number of nitrogens with one attached hydrogen (secondary N) is 1. The lowest BCUT2D eigenvalue weighted by atomic mass is 9.93. The maximum absolute atomic E-state index is 3.69. The molecule has 0 aromatic heterocycles. The first-order valence-corrected chi connectivity index (χ1v) is 6.97. The molecule has 0 aromatic carbocycles. The van der Waals surface area contributed by atoms with Gasteiger partial charge in [-0.2, -0.15) is 0 Å². The fourth-order valence-electron chi connectivity index (χ4n) is 2.72. The van der Waals surface area contributed by atoms with E-state index in [-0.39, 0.29) is 0 Å². The van der Waals surface area contributed by atoms with Crippen molar-refractivity contribution in [3.63, 3.8) is 0 Å². The highest BCUT2D eigenvalue weighted by Crippen LogP contribution is 2.29. The van der Waals surface area contributed by atoms with Crippen molar-refractivity contribution >= 4 is 0 Å². The first-order chi connectivity index (χ1) is 7.24. The van der Waals surface area contributed by atoms with E-state index in [1.807, 2.05) is 0 Å². The van der Waals surface area contributed by atoms with Crippen LogP contribution in [0.2, 0.25) is 0 Å². The lowest BCUT2D eigenvalue weighted by Crippen LogP contribution is -2.34. The maximum atomic E-state index is 3.69. The molecule has 1 aliphatic rings. The fraction of sp³-hybridized carbons (Fsp3) is 1.00. The standard InChI is InChI=1S/C14H29N/c1-4-11-15-14(12(2)3)10-9-13-7-5-6-8-13/h12-15H,4-11H2,1-3H3. The summed E-state index contributed by atoms with van der Waals surface area (Å²) in [5.74, 6) is 1.84. The van der Waals surface area contributed by atoms with E-state index in [0.717, 1.165) is 17.9 Å². The molecular weight excluding hydrogens is 182 g/mol. The Bertz CT molecular complexity index is 147. The van der Waals surface area contributed by atoms with Crippen LogP contribution < -0.4 is 5.32 Å². The Hall–Kier alpha value is -0.0400. The average molecular weight is 211 g/mol. The van der Waals surface area contributed by atoms with Crippen LogP contribution in [0.3, 0.4) is 0 Å². The van der Waals surface area contributed by atoms with Gasteiger partial charge in [-0.15, -0.1) is 0 Å². The molecule has 1 heteroatoms. The normalized spacial score (nSPS) is 20.0. The van der Waals surface area contributed by atoms with Gasteiger partial charge in [0.15, 0.2) is 0 Å². The Morgan fingerprint density at radius 1 is 1.20 bits per heavy atom. The molecular formula is C14H29N. The van der Waals surface area contributed by atoms with E-state index in [2.05, 4.69) is 26.1 Å². The van der Waals surface area contributed by atoms with Crippen molar-refractivity contribution in [2.45, 2.75) is 71.8 Å². The van der Waals surface area contributed by atoms with E-state index in [9.17, 15) is 0 Å².